The molecule has 0 radical (unpaired) electrons. The number of hydrogen-bond donors (Lipinski definition) is 1. The number of carbonyl (C=O) groups excluding carboxylic acids is 2. The van der Waals surface area contributed by atoms with Crippen molar-refractivity contribution in [2.75, 3.05) is 23.9 Å². The van der Waals surface area contributed by atoms with Crippen LogP contribution in [0.4, 0.5) is 11.4 Å². The molecule has 3 rings (SSSR count). The first-order chi connectivity index (χ1) is 12.1. The fraction of sp³-hybridized carbons (Fsp3) is 0.316. The molecule has 25 heavy (non-hydrogen) atoms. The summed E-state index contributed by atoms with van der Waals surface area (Å²) in [5.74, 6) is -0.272. The molecule has 2 heterocycles. The molecule has 1 atom stereocenters. The van der Waals surface area contributed by atoms with Crippen LogP contribution < -0.4 is 15.0 Å². The predicted octanol–water partition coefficient (Wildman–Crippen LogP) is 2.64. The molecule has 6 nitrogen and oxygen atoms in total. The van der Waals surface area contributed by atoms with Crippen molar-refractivity contribution in [1.29, 1.82) is 0 Å². The number of hydrogen-bond acceptors (Lipinski definition) is 4. The number of ether oxygens (including phenoxy) is 1. The van der Waals surface area contributed by atoms with E-state index in [9.17, 15) is 9.59 Å². The van der Waals surface area contributed by atoms with Crippen molar-refractivity contribution in [1.82, 2.24) is 4.98 Å². The Kier molecular flexibility index (Phi) is 4.97. The first-order valence-corrected chi connectivity index (χ1v) is 8.32. The van der Waals surface area contributed by atoms with Gasteiger partial charge in [-0.15, -0.1) is 0 Å². The van der Waals surface area contributed by atoms with Crippen molar-refractivity contribution >= 4 is 23.2 Å². The third-order valence-electron chi connectivity index (χ3n) is 4.38. The molecule has 1 aromatic carbocycles. The van der Waals surface area contributed by atoms with Gasteiger partial charge in [-0.1, -0.05) is 25.1 Å². The molecule has 6 heteroatoms. The van der Waals surface area contributed by atoms with Crippen LogP contribution in [0.25, 0.3) is 0 Å². The Bertz CT molecular complexity index is 791. The normalized spacial score (nSPS) is 16.8. The molecule has 0 saturated carbocycles. The highest BCUT2D eigenvalue weighted by Gasteiger charge is 2.36. The van der Waals surface area contributed by atoms with Crippen LogP contribution in [-0.2, 0) is 16.0 Å². The summed E-state index contributed by atoms with van der Waals surface area (Å²) < 4.78 is 5.15. The van der Waals surface area contributed by atoms with Crippen LogP contribution in [-0.4, -0.2) is 30.5 Å². The molecule has 0 unspecified atom stereocenters. The number of aryl methyl sites for hydroxylation is 1. The summed E-state index contributed by atoms with van der Waals surface area (Å²) in [6.07, 6.45) is 2.63. The maximum absolute atomic E-state index is 12.6. The van der Waals surface area contributed by atoms with E-state index in [1.165, 1.54) is 7.11 Å². The second kappa shape index (κ2) is 7.34. The summed E-state index contributed by atoms with van der Waals surface area (Å²) in [5, 5.41) is 2.82. The summed E-state index contributed by atoms with van der Waals surface area (Å²) >= 11 is 0. The van der Waals surface area contributed by atoms with E-state index in [1.807, 2.05) is 24.3 Å². The molecule has 2 aromatic rings. The van der Waals surface area contributed by atoms with Gasteiger partial charge in [0, 0.05) is 24.8 Å². The Morgan fingerprint density at radius 2 is 2.12 bits per heavy atom. The SMILES string of the molecule is CCc1ccccc1N1C[C@H](C(=O)Nc2cccnc2OC)CC1=O. The van der Waals surface area contributed by atoms with Crippen LogP contribution in [0.15, 0.2) is 42.6 Å². The lowest BCUT2D eigenvalue weighted by Crippen LogP contribution is -2.28. The first kappa shape index (κ1) is 17.0. The second-order valence-electron chi connectivity index (χ2n) is 5.94. The van der Waals surface area contributed by atoms with Gasteiger partial charge >= 0.3 is 0 Å². The number of carbonyl (C=O) groups is 2. The quantitative estimate of drug-likeness (QED) is 0.909. The van der Waals surface area contributed by atoms with E-state index in [0.29, 0.717) is 18.1 Å². The standard InChI is InChI=1S/C19H21N3O3/c1-3-13-7-4-5-9-16(13)22-12-14(11-17(22)23)18(24)21-15-8-6-10-20-19(15)25-2/h4-10,14H,3,11-12H2,1-2H3,(H,21,24)/t14-/m1/s1. The molecule has 1 saturated heterocycles. The minimum absolute atomic E-state index is 0.0285. The van der Waals surface area contributed by atoms with E-state index in [0.717, 1.165) is 17.7 Å². The van der Waals surface area contributed by atoms with E-state index in [1.54, 1.807) is 23.2 Å². The average Bonchev–Trinajstić information content (AvgIpc) is 3.03. The molecule has 1 fully saturated rings. The molecule has 2 amide bonds. The van der Waals surface area contributed by atoms with Gasteiger partial charge in [-0.05, 0) is 30.2 Å². The van der Waals surface area contributed by atoms with Gasteiger partial charge in [0.15, 0.2) is 0 Å². The van der Waals surface area contributed by atoms with Crippen LogP contribution in [0, 0.1) is 5.92 Å². The largest absolute Gasteiger partial charge is 0.480 e. The van der Waals surface area contributed by atoms with Gasteiger partial charge in [0.25, 0.3) is 0 Å². The number of aromatic nitrogens is 1. The Balaban J connectivity index is 1.75. The number of benzene rings is 1. The molecular formula is C19H21N3O3. The number of methoxy groups -OCH3 is 1. The minimum Gasteiger partial charge on any atom is -0.480 e. The van der Waals surface area contributed by atoms with E-state index in [4.69, 9.17) is 4.74 Å². The number of para-hydroxylation sites is 1. The van der Waals surface area contributed by atoms with Gasteiger partial charge in [0.1, 0.15) is 5.69 Å². The Labute approximate surface area is 146 Å². The smallest absolute Gasteiger partial charge is 0.237 e. The maximum Gasteiger partial charge on any atom is 0.237 e. The van der Waals surface area contributed by atoms with Crippen molar-refractivity contribution in [2.24, 2.45) is 5.92 Å². The predicted molar refractivity (Wildman–Crippen MR) is 95.7 cm³/mol. The second-order valence-corrected chi connectivity index (χ2v) is 5.94. The zero-order chi connectivity index (χ0) is 17.8. The summed E-state index contributed by atoms with van der Waals surface area (Å²) in [5.41, 5.74) is 2.50. The number of pyridine rings is 1. The molecule has 0 spiro atoms. The summed E-state index contributed by atoms with van der Waals surface area (Å²) in [7, 11) is 1.50. The highest BCUT2D eigenvalue weighted by Crippen LogP contribution is 2.30. The molecular weight excluding hydrogens is 318 g/mol. The first-order valence-electron chi connectivity index (χ1n) is 8.32. The van der Waals surface area contributed by atoms with Gasteiger partial charge in [0.05, 0.1) is 13.0 Å². The number of rotatable bonds is 5. The van der Waals surface area contributed by atoms with Gasteiger partial charge < -0.3 is 15.0 Å². The maximum atomic E-state index is 12.6. The fourth-order valence-electron chi connectivity index (χ4n) is 3.07. The van der Waals surface area contributed by atoms with Crippen LogP contribution in [0.3, 0.4) is 0 Å². The molecule has 1 aliphatic heterocycles. The topological polar surface area (TPSA) is 71.5 Å². The summed E-state index contributed by atoms with van der Waals surface area (Å²) in [6.45, 7) is 2.43. The molecule has 1 aliphatic rings. The van der Waals surface area contributed by atoms with Gasteiger partial charge in [-0.25, -0.2) is 4.98 Å². The van der Waals surface area contributed by atoms with E-state index in [2.05, 4.69) is 17.2 Å². The Hall–Kier alpha value is -2.89. The number of nitrogens with one attached hydrogen (secondary N) is 1. The molecule has 0 aliphatic carbocycles. The van der Waals surface area contributed by atoms with Gasteiger partial charge in [0.2, 0.25) is 17.7 Å². The monoisotopic (exact) mass is 339 g/mol. The molecule has 130 valence electrons. The van der Waals surface area contributed by atoms with Gasteiger partial charge in [-0.2, -0.15) is 0 Å². The minimum atomic E-state index is -0.401. The zero-order valence-electron chi connectivity index (χ0n) is 14.4. The average molecular weight is 339 g/mol. The highest BCUT2D eigenvalue weighted by atomic mass is 16.5. The van der Waals surface area contributed by atoms with Crippen LogP contribution in [0.1, 0.15) is 18.9 Å². The van der Waals surface area contributed by atoms with Gasteiger partial charge in [-0.3, -0.25) is 9.59 Å². The Morgan fingerprint density at radius 1 is 1.32 bits per heavy atom. The molecule has 0 bridgehead atoms. The van der Waals surface area contributed by atoms with Crippen molar-refractivity contribution < 1.29 is 14.3 Å². The van der Waals surface area contributed by atoms with Crippen molar-refractivity contribution in [3.05, 3.63) is 48.2 Å². The number of nitrogens with zero attached hydrogens (tertiary/aromatic N) is 2. The van der Waals surface area contributed by atoms with Crippen LogP contribution in [0.5, 0.6) is 5.88 Å². The lowest BCUT2D eigenvalue weighted by atomic mass is 10.1. The van der Waals surface area contributed by atoms with Crippen LogP contribution >= 0.6 is 0 Å². The Morgan fingerprint density at radius 3 is 2.88 bits per heavy atom. The van der Waals surface area contributed by atoms with Crippen molar-refractivity contribution in [2.45, 2.75) is 19.8 Å². The van der Waals surface area contributed by atoms with Crippen molar-refractivity contribution in [3.8, 4) is 5.88 Å². The zero-order valence-corrected chi connectivity index (χ0v) is 14.4. The third kappa shape index (κ3) is 3.47. The lowest BCUT2D eigenvalue weighted by molar-refractivity contribution is -0.122. The summed E-state index contributed by atoms with van der Waals surface area (Å²) in [6, 6.07) is 11.3. The van der Waals surface area contributed by atoms with Crippen molar-refractivity contribution in [3.63, 3.8) is 0 Å². The van der Waals surface area contributed by atoms with Crippen LogP contribution in [0.2, 0.25) is 0 Å². The fourth-order valence-corrected chi connectivity index (χ4v) is 3.07. The lowest BCUT2D eigenvalue weighted by Gasteiger charge is -2.20. The van der Waals surface area contributed by atoms with E-state index in [-0.39, 0.29) is 18.2 Å². The number of anilines is 2. The highest BCUT2D eigenvalue weighted by molar-refractivity contribution is 6.04. The molecule has 1 N–H and O–H groups in total. The molecule has 1 aromatic heterocycles. The third-order valence-corrected chi connectivity index (χ3v) is 4.38. The summed E-state index contributed by atoms with van der Waals surface area (Å²) in [4.78, 5) is 30.8. The van der Waals surface area contributed by atoms with E-state index < -0.39 is 5.92 Å². The van der Waals surface area contributed by atoms with E-state index >= 15 is 0 Å². The number of amides is 2.